The third kappa shape index (κ3) is 11.0. The minimum absolute atomic E-state index is 0.0453. The first kappa shape index (κ1) is 38.4. The molecule has 9 N–H and O–H groups in total. The number of H-pyrrole nitrogens is 1. The summed E-state index contributed by atoms with van der Waals surface area (Å²) in [5.41, 5.74) is 12.2. The number of nitrogen functional groups attached to an aromatic ring is 1. The van der Waals surface area contributed by atoms with Crippen LogP contribution in [0.25, 0.3) is 11.2 Å². The summed E-state index contributed by atoms with van der Waals surface area (Å²) < 4.78 is 0. The molecule has 1 fully saturated rings. The van der Waals surface area contributed by atoms with Crippen molar-refractivity contribution >= 4 is 69.9 Å². The molecule has 0 radical (unpaired) electrons. The normalized spacial score (nSPS) is 15.4. The Balaban J connectivity index is 1.13. The topological polar surface area (TPSA) is 286 Å². The van der Waals surface area contributed by atoms with Crippen molar-refractivity contribution in [3.05, 3.63) is 52.1 Å². The molecule has 1 aliphatic heterocycles. The van der Waals surface area contributed by atoms with E-state index in [0.29, 0.717) is 37.2 Å². The number of imide groups is 1. The Labute approximate surface area is 295 Å². The molecule has 18 nitrogen and oxygen atoms in total. The first-order chi connectivity index (χ1) is 24.3. The van der Waals surface area contributed by atoms with E-state index < -0.39 is 34.8 Å². The zero-order valence-electron chi connectivity index (χ0n) is 27.8. The number of fused-ring (bicyclic) bond motifs is 1. The van der Waals surface area contributed by atoms with Crippen LogP contribution in [0.3, 0.4) is 0 Å². The SMILES string of the molecule is CC(=O)C(N)CSC1CC(=O)N(CCCCCNC(=O)CCC(NC(=O)c2ccc(NCc3cnc4nc(N)[nH]c(=O)c4n3)cc2)C(=O)O)C1=O. The van der Waals surface area contributed by atoms with Crippen molar-refractivity contribution in [1.29, 1.82) is 0 Å². The Bertz CT molecular complexity index is 1840. The number of carbonyl (C=O) groups excluding carboxylic acids is 5. The average Bonchev–Trinajstić information content (AvgIpc) is 3.37. The third-order valence-corrected chi connectivity index (χ3v) is 9.27. The number of carbonyl (C=O) groups is 6. The number of carboxylic acid groups (broad SMARTS) is 1. The molecule has 3 atom stereocenters. The number of Topliss-reactive ketones (excluding diaryl/α,β-unsaturated/α-hetero) is 1. The lowest BCUT2D eigenvalue weighted by molar-refractivity contribution is -0.140. The molecule has 1 saturated heterocycles. The highest BCUT2D eigenvalue weighted by molar-refractivity contribution is 8.00. The summed E-state index contributed by atoms with van der Waals surface area (Å²) in [7, 11) is 0. The highest BCUT2D eigenvalue weighted by atomic mass is 32.2. The molecule has 4 rings (SSSR count). The number of hydrogen-bond acceptors (Lipinski definition) is 14. The van der Waals surface area contributed by atoms with Crippen LogP contribution >= 0.6 is 11.8 Å². The molecule has 51 heavy (non-hydrogen) atoms. The molecule has 3 heterocycles. The van der Waals surface area contributed by atoms with Gasteiger partial charge < -0.3 is 32.5 Å². The smallest absolute Gasteiger partial charge is 0.326 e. The van der Waals surface area contributed by atoms with Gasteiger partial charge in [-0.1, -0.05) is 0 Å². The van der Waals surface area contributed by atoms with Crippen molar-refractivity contribution in [2.75, 3.05) is 29.9 Å². The van der Waals surface area contributed by atoms with Gasteiger partial charge in [0.15, 0.2) is 11.2 Å². The maximum atomic E-state index is 12.8. The zero-order chi connectivity index (χ0) is 37.1. The molecule has 3 unspecified atom stereocenters. The van der Waals surface area contributed by atoms with Crippen LogP contribution in [0.2, 0.25) is 0 Å². The third-order valence-electron chi connectivity index (χ3n) is 7.95. The molecule has 0 bridgehead atoms. The number of hydrogen-bond donors (Lipinski definition) is 7. The van der Waals surface area contributed by atoms with Gasteiger partial charge in [-0.3, -0.25) is 38.7 Å². The van der Waals surface area contributed by atoms with Crippen molar-refractivity contribution in [2.24, 2.45) is 5.73 Å². The quantitative estimate of drug-likeness (QED) is 0.0629. The molecule has 1 aromatic carbocycles. The summed E-state index contributed by atoms with van der Waals surface area (Å²) in [5.74, 6) is -2.79. The van der Waals surface area contributed by atoms with Crippen LogP contribution in [0, 0.1) is 0 Å². The van der Waals surface area contributed by atoms with E-state index in [0.717, 1.165) is 0 Å². The van der Waals surface area contributed by atoms with E-state index in [1.54, 1.807) is 12.1 Å². The molecule has 0 saturated carbocycles. The van der Waals surface area contributed by atoms with Gasteiger partial charge in [-0.05, 0) is 56.9 Å². The number of thioether (sulfide) groups is 1. The summed E-state index contributed by atoms with van der Waals surface area (Å²) in [6.07, 6.45) is 3.05. The molecule has 0 spiro atoms. The fraction of sp³-hybridized carbons (Fsp3) is 0.438. The minimum Gasteiger partial charge on any atom is -0.480 e. The zero-order valence-corrected chi connectivity index (χ0v) is 28.7. The molecular weight excluding hydrogens is 684 g/mol. The molecular formula is C32H40N10O8S. The first-order valence-corrected chi connectivity index (χ1v) is 17.2. The van der Waals surface area contributed by atoms with Crippen LogP contribution in [0.4, 0.5) is 11.6 Å². The molecule has 272 valence electrons. The van der Waals surface area contributed by atoms with E-state index in [-0.39, 0.29) is 84.3 Å². The van der Waals surface area contributed by atoms with Gasteiger partial charge in [0.05, 0.1) is 29.7 Å². The van der Waals surface area contributed by atoms with Crippen molar-refractivity contribution in [3.8, 4) is 0 Å². The number of likely N-dealkylation sites (tertiary alicyclic amines) is 1. The number of unbranched alkanes of at least 4 members (excludes halogenated alkanes) is 2. The number of amides is 4. The number of anilines is 2. The predicted octanol–water partition coefficient (Wildman–Crippen LogP) is -0.0659. The summed E-state index contributed by atoms with van der Waals surface area (Å²) in [4.78, 5) is 101. The predicted molar refractivity (Wildman–Crippen MR) is 187 cm³/mol. The van der Waals surface area contributed by atoms with Crippen LogP contribution in [-0.2, 0) is 30.5 Å². The van der Waals surface area contributed by atoms with Crippen LogP contribution in [0.5, 0.6) is 0 Å². The lowest BCUT2D eigenvalue weighted by atomic mass is 10.1. The number of aliphatic carboxylic acids is 1. The Morgan fingerprint density at radius 3 is 2.55 bits per heavy atom. The Hall–Kier alpha value is -5.43. The maximum Gasteiger partial charge on any atom is 0.326 e. The molecule has 19 heteroatoms. The molecule has 3 aromatic rings. The van der Waals surface area contributed by atoms with E-state index in [2.05, 4.69) is 35.9 Å². The van der Waals surface area contributed by atoms with Gasteiger partial charge in [-0.2, -0.15) is 4.98 Å². The molecule has 1 aliphatic rings. The van der Waals surface area contributed by atoms with Crippen LogP contribution in [0.15, 0.2) is 35.3 Å². The summed E-state index contributed by atoms with van der Waals surface area (Å²) >= 11 is 1.22. The first-order valence-electron chi connectivity index (χ1n) is 16.2. The highest BCUT2D eigenvalue weighted by Gasteiger charge is 2.38. The standard InChI is InChI=1S/C32H40N10O8S/c1-17(43)21(33)16-51-23-13-25(45)42(30(23)48)12-4-2-3-11-35-24(44)10-9-22(31(49)50)39-28(46)18-5-7-19(8-6-18)36-14-20-15-37-27-26(38-20)29(47)41-32(34)40-27/h5-8,15,21-23,36H,2-4,9-14,16,33H2,1H3,(H,35,44)(H,39,46)(H,49,50)(H3,34,37,40,41,47). The Morgan fingerprint density at radius 2 is 1.84 bits per heavy atom. The highest BCUT2D eigenvalue weighted by Crippen LogP contribution is 2.26. The van der Waals surface area contributed by atoms with Gasteiger partial charge in [0.25, 0.3) is 11.5 Å². The van der Waals surface area contributed by atoms with Crippen molar-refractivity contribution < 1.29 is 33.9 Å². The summed E-state index contributed by atoms with van der Waals surface area (Å²) in [5, 5.41) is 17.3. The number of ketones is 1. The lowest BCUT2D eigenvalue weighted by Crippen LogP contribution is -2.41. The number of nitrogens with one attached hydrogen (secondary N) is 4. The Morgan fingerprint density at radius 1 is 1.10 bits per heavy atom. The van der Waals surface area contributed by atoms with E-state index in [1.807, 2.05) is 0 Å². The molecule has 4 amide bonds. The van der Waals surface area contributed by atoms with Gasteiger partial charge in [0, 0.05) is 42.9 Å². The second-order valence-corrected chi connectivity index (χ2v) is 13.1. The fourth-order valence-electron chi connectivity index (χ4n) is 5.01. The number of benzene rings is 1. The van der Waals surface area contributed by atoms with Crippen molar-refractivity contribution in [1.82, 2.24) is 35.5 Å². The number of aromatic nitrogens is 4. The van der Waals surface area contributed by atoms with Gasteiger partial charge in [-0.25, -0.2) is 14.8 Å². The van der Waals surface area contributed by atoms with Gasteiger partial charge in [0.1, 0.15) is 11.8 Å². The van der Waals surface area contributed by atoms with Crippen LogP contribution < -0.4 is 33.0 Å². The van der Waals surface area contributed by atoms with Gasteiger partial charge in [0.2, 0.25) is 23.7 Å². The van der Waals surface area contributed by atoms with E-state index >= 15 is 0 Å². The second kappa shape index (κ2) is 18.0. The molecule has 0 aliphatic carbocycles. The van der Waals surface area contributed by atoms with Gasteiger partial charge >= 0.3 is 5.97 Å². The summed E-state index contributed by atoms with van der Waals surface area (Å²) in [6.45, 7) is 2.18. The number of rotatable bonds is 19. The number of aromatic amines is 1. The van der Waals surface area contributed by atoms with E-state index in [1.165, 1.54) is 41.9 Å². The van der Waals surface area contributed by atoms with Crippen molar-refractivity contribution in [2.45, 2.75) is 69.3 Å². The summed E-state index contributed by atoms with van der Waals surface area (Å²) in [6, 6.07) is 4.28. The van der Waals surface area contributed by atoms with Crippen LogP contribution in [0.1, 0.15) is 61.5 Å². The van der Waals surface area contributed by atoms with E-state index in [4.69, 9.17) is 11.5 Å². The van der Waals surface area contributed by atoms with E-state index in [9.17, 15) is 38.7 Å². The second-order valence-electron chi connectivity index (χ2n) is 11.9. The average molecular weight is 725 g/mol. The maximum absolute atomic E-state index is 12.8. The fourth-order valence-corrected chi connectivity index (χ4v) is 6.21. The number of nitrogens with zero attached hydrogens (tertiary/aromatic N) is 4. The lowest BCUT2D eigenvalue weighted by Gasteiger charge is -2.16. The minimum atomic E-state index is -1.30. The van der Waals surface area contributed by atoms with Gasteiger partial charge in [-0.15, -0.1) is 11.8 Å². The van der Waals surface area contributed by atoms with Crippen molar-refractivity contribution in [3.63, 3.8) is 0 Å². The van der Waals surface area contributed by atoms with Crippen LogP contribution in [-0.4, -0.2) is 101 Å². The number of nitrogens with two attached hydrogens (primary N) is 2. The molecule has 2 aromatic heterocycles. The largest absolute Gasteiger partial charge is 0.480 e. The number of carboxylic acids is 1. The monoisotopic (exact) mass is 724 g/mol. The Kier molecular flexibility index (Phi) is 13.5.